The lowest BCUT2D eigenvalue weighted by molar-refractivity contribution is 0.0693. The highest BCUT2D eigenvalue weighted by molar-refractivity contribution is 5.92. The topological polar surface area (TPSA) is 76.5 Å². The maximum Gasteiger partial charge on any atom is 0.339 e. The lowest BCUT2D eigenvalue weighted by Gasteiger charge is -2.08. The van der Waals surface area contributed by atoms with E-state index < -0.39 is 11.8 Å². The maximum absolute atomic E-state index is 13.0. The lowest BCUT2D eigenvalue weighted by Crippen LogP contribution is -2.01. The van der Waals surface area contributed by atoms with Crippen molar-refractivity contribution in [3.63, 3.8) is 0 Å². The van der Waals surface area contributed by atoms with Crippen LogP contribution in [0.3, 0.4) is 0 Å². The minimum Gasteiger partial charge on any atom is -0.478 e. The zero-order valence-electron chi connectivity index (χ0n) is 10.5. The molecular weight excluding hydrogens is 265 g/mol. The third-order valence-electron chi connectivity index (χ3n) is 2.50. The van der Waals surface area contributed by atoms with E-state index in [1.54, 1.807) is 0 Å². The van der Waals surface area contributed by atoms with Gasteiger partial charge in [-0.05, 0) is 30.3 Å². The summed E-state index contributed by atoms with van der Waals surface area (Å²) in [4.78, 5) is 25.9. The summed E-state index contributed by atoms with van der Waals surface area (Å²) in [5.41, 5.74) is -0.0180. The molecule has 0 spiro atoms. The number of carbonyl (C=O) groups is 2. The molecule has 5 nitrogen and oxygen atoms in total. The molecule has 1 heterocycles. The molecule has 1 aromatic carbocycles. The van der Waals surface area contributed by atoms with Crippen molar-refractivity contribution in [2.75, 3.05) is 0 Å². The van der Waals surface area contributed by atoms with Crippen molar-refractivity contribution in [3.8, 4) is 11.5 Å². The Kier molecular flexibility index (Phi) is 3.74. The van der Waals surface area contributed by atoms with Crippen LogP contribution in [0.5, 0.6) is 11.5 Å². The largest absolute Gasteiger partial charge is 0.478 e. The zero-order valence-corrected chi connectivity index (χ0v) is 10.5. The van der Waals surface area contributed by atoms with Gasteiger partial charge in [0, 0.05) is 6.92 Å². The van der Waals surface area contributed by atoms with E-state index in [0.717, 1.165) is 12.1 Å². The Bertz CT molecular complexity index is 667. The van der Waals surface area contributed by atoms with Gasteiger partial charge in [0.15, 0.2) is 5.78 Å². The number of rotatable bonds is 4. The summed E-state index contributed by atoms with van der Waals surface area (Å²) < 4.78 is 18.4. The molecule has 0 fully saturated rings. The molecule has 0 aliphatic carbocycles. The number of hydrogen-bond donors (Lipinski definition) is 1. The quantitative estimate of drug-likeness (QED) is 0.868. The average molecular weight is 275 g/mol. The molecule has 0 saturated carbocycles. The van der Waals surface area contributed by atoms with Crippen LogP contribution < -0.4 is 4.74 Å². The molecule has 20 heavy (non-hydrogen) atoms. The number of carboxylic acids is 1. The van der Waals surface area contributed by atoms with Gasteiger partial charge in [0.1, 0.15) is 28.6 Å². The number of ether oxygens (including phenoxy) is 1. The SMILES string of the molecule is CC(=O)c1ccc(Oc2ccc(F)cc2C(=O)O)cn1. The number of ketones is 1. The van der Waals surface area contributed by atoms with E-state index in [-0.39, 0.29) is 28.5 Å². The van der Waals surface area contributed by atoms with E-state index in [4.69, 9.17) is 9.84 Å². The summed E-state index contributed by atoms with van der Waals surface area (Å²) in [6.07, 6.45) is 1.30. The molecule has 0 saturated heterocycles. The highest BCUT2D eigenvalue weighted by atomic mass is 19.1. The second kappa shape index (κ2) is 5.48. The van der Waals surface area contributed by atoms with Crippen molar-refractivity contribution >= 4 is 11.8 Å². The number of Topliss-reactive ketones (excluding diaryl/α,β-unsaturated/α-hetero) is 1. The number of carboxylic acid groups (broad SMARTS) is 1. The van der Waals surface area contributed by atoms with Gasteiger partial charge in [-0.3, -0.25) is 4.79 Å². The third-order valence-corrected chi connectivity index (χ3v) is 2.50. The molecule has 2 aromatic rings. The number of hydrogen-bond acceptors (Lipinski definition) is 4. The molecule has 1 N–H and O–H groups in total. The summed E-state index contributed by atoms with van der Waals surface area (Å²) >= 11 is 0. The molecule has 0 aliphatic heterocycles. The van der Waals surface area contributed by atoms with Gasteiger partial charge in [-0.25, -0.2) is 14.2 Å². The van der Waals surface area contributed by atoms with Crippen molar-refractivity contribution in [2.45, 2.75) is 6.92 Å². The van der Waals surface area contributed by atoms with Crippen LogP contribution in [0.4, 0.5) is 4.39 Å². The summed E-state index contributed by atoms with van der Waals surface area (Å²) in [6, 6.07) is 6.13. The Morgan fingerprint density at radius 2 is 2.00 bits per heavy atom. The highest BCUT2D eigenvalue weighted by Crippen LogP contribution is 2.25. The normalized spacial score (nSPS) is 10.1. The third kappa shape index (κ3) is 2.97. The van der Waals surface area contributed by atoms with Crippen molar-refractivity contribution in [2.24, 2.45) is 0 Å². The van der Waals surface area contributed by atoms with Crippen LogP contribution in [0, 0.1) is 5.82 Å². The van der Waals surface area contributed by atoms with Gasteiger partial charge < -0.3 is 9.84 Å². The number of carbonyl (C=O) groups excluding carboxylic acids is 1. The highest BCUT2D eigenvalue weighted by Gasteiger charge is 2.13. The van der Waals surface area contributed by atoms with Crippen LogP contribution in [0.15, 0.2) is 36.5 Å². The second-order valence-corrected chi connectivity index (χ2v) is 3.98. The molecule has 102 valence electrons. The second-order valence-electron chi connectivity index (χ2n) is 3.98. The molecular formula is C14H10FNO4. The summed E-state index contributed by atoms with van der Waals surface area (Å²) in [5, 5.41) is 8.98. The van der Waals surface area contributed by atoms with Crippen molar-refractivity contribution in [3.05, 3.63) is 53.6 Å². The number of pyridine rings is 1. The van der Waals surface area contributed by atoms with Crippen LogP contribution in [-0.2, 0) is 0 Å². The summed E-state index contributed by atoms with van der Waals surface area (Å²) in [6.45, 7) is 1.38. The number of halogens is 1. The molecule has 0 unspecified atom stereocenters. The average Bonchev–Trinajstić information content (AvgIpc) is 2.41. The van der Waals surface area contributed by atoms with Crippen molar-refractivity contribution in [1.82, 2.24) is 4.98 Å². The molecule has 1 aromatic heterocycles. The standard InChI is InChI=1S/C14H10FNO4/c1-8(17)12-4-3-10(7-16-12)20-13-5-2-9(15)6-11(13)14(18)19/h2-7H,1H3,(H,18,19). The summed E-state index contributed by atoms with van der Waals surface area (Å²) in [7, 11) is 0. The van der Waals surface area contributed by atoms with Gasteiger partial charge in [-0.2, -0.15) is 0 Å². The Hall–Kier alpha value is -2.76. The van der Waals surface area contributed by atoms with E-state index in [0.29, 0.717) is 0 Å². The molecule has 6 heteroatoms. The Labute approximate surface area is 113 Å². The first-order valence-corrected chi connectivity index (χ1v) is 5.65. The molecule has 0 atom stereocenters. The first-order valence-electron chi connectivity index (χ1n) is 5.65. The minimum absolute atomic E-state index is 0.00345. The van der Waals surface area contributed by atoms with E-state index in [9.17, 15) is 14.0 Å². The number of aromatic carboxylic acids is 1. The van der Waals surface area contributed by atoms with E-state index in [2.05, 4.69) is 4.98 Å². The molecule has 2 rings (SSSR count). The maximum atomic E-state index is 13.0. The zero-order chi connectivity index (χ0) is 14.7. The Balaban J connectivity index is 2.30. The van der Waals surface area contributed by atoms with Gasteiger partial charge >= 0.3 is 5.97 Å². The van der Waals surface area contributed by atoms with Crippen LogP contribution in [0.25, 0.3) is 0 Å². The Morgan fingerprint density at radius 3 is 2.55 bits per heavy atom. The number of benzene rings is 1. The van der Waals surface area contributed by atoms with Gasteiger partial charge in [0.2, 0.25) is 0 Å². The first kappa shape index (κ1) is 13.7. The molecule has 0 bridgehead atoms. The van der Waals surface area contributed by atoms with Crippen LogP contribution in [-0.4, -0.2) is 21.8 Å². The van der Waals surface area contributed by atoms with Crippen LogP contribution in [0.1, 0.15) is 27.8 Å². The first-order chi connectivity index (χ1) is 9.47. The molecule has 0 radical (unpaired) electrons. The monoisotopic (exact) mass is 275 g/mol. The fraction of sp³-hybridized carbons (Fsp3) is 0.0714. The number of aromatic nitrogens is 1. The van der Waals surface area contributed by atoms with Crippen molar-refractivity contribution < 1.29 is 23.8 Å². The van der Waals surface area contributed by atoms with E-state index in [1.165, 1.54) is 31.3 Å². The van der Waals surface area contributed by atoms with Gasteiger partial charge in [0.25, 0.3) is 0 Å². The van der Waals surface area contributed by atoms with Gasteiger partial charge in [0.05, 0.1) is 6.20 Å². The predicted octanol–water partition coefficient (Wildman–Crippen LogP) is 2.91. The Morgan fingerprint density at radius 1 is 1.25 bits per heavy atom. The summed E-state index contributed by atoms with van der Waals surface area (Å²) in [5.74, 6) is -1.91. The predicted molar refractivity (Wildman–Crippen MR) is 67.7 cm³/mol. The fourth-order valence-electron chi connectivity index (χ4n) is 1.53. The smallest absolute Gasteiger partial charge is 0.339 e. The van der Waals surface area contributed by atoms with Crippen molar-refractivity contribution in [1.29, 1.82) is 0 Å². The van der Waals surface area contributed by atoms with E-state index in [1.807, 2.05) is 0 Å². The fourth-order valence-corrected chi connectivity index (χ4v) is 1.53. The van der Waals surface area contributed by atoms with E-state index >= 15 is 0 Å². The van der Waals surface area contributed by atoms with Gasteiger partial charge in [-0.15, -0.1) is 0 Å². The number of nitrogens with zero attached hydrogens (tertiary/aromatic N) is 1. The lowest BCUT2D eigenvalue weighted by atomic mass is 10.2. The van der Waals surface area contributed by atoms with Gasteiger partial charge in [-0.1, -0.05) is 0 Å². The van der Waals surface area contributed by atoms with Crippen LogP contribution in [0.2, 0.25) is 0 Å². The minimum atomic E-state index is -1.30. The van der Waals surface area contributed by atoms with Crippen LogP contribution >= 0.6 is 0 Å². The molecule has 0 aliphatic rings. The molecule has 0 amide bonds.